The Hall–Kier alpha value is -1.65. The molecule has 0 aromatic carbocycles. The number of H-pyrrole nitrogens is 1. The van der Waals surface area contributed by atoms with Crippen molar-refractivity contribution in [2.45, 2.75) is 39.0 Å². The molecule has 2 amide bonds. The standard InChI is InChI=1S/C15H21N3O2/c1-2-10-8-11-12(9-10)15(20)18(14(11)19)7-3-4-13-16-5-6-17-13/h5-6,10-12H,2-4,7-9H2,1H3,(H,16,17). The predicted octanol–water partition coefficient (Wildman–Crippen LogP) is 1.76. The van der Waals surface area contributed by atoms with Gasteiger partial charge in [0, 0.05) is 25.4 Å². The molecule has 1 aromatic heterocycles. The first-order chi connectivity index (χ1) is 9.70. The monoisotopic (exact) mass is 275 g/mol. The zero-order valence-electron chi connectivity index (χ0n) is 11.8. The number of amides is 2. The highest BCUT2D eigenvalue weighted by Gasteiger charge is 2.51. The van der Waals surface area contributed by atoms with Crippen LogP contribution in [0.4, 0.5) is 0 Å². The van der Waals surface area contributed by atoms with Gasteiger partial charge in [-0.1, -0.05) is 13.3 Å². The molecule has 1 saturated heterocycles. The van der Waals surface area contributed by atoms with Crippen LogP contribution in [0.2, 0.25) is 0 Å². The molecule has 0 radical (unpaired) electrons. The molecular formula is C15H21N3O2. The summed E-state index contributed by atoms with van der Waals surface area (Å²) >= 11 is 0. The molecule has 2 fully saturated rings. The van der Waals surface area contributed by atoms with Gasteiger partial charge in [0.2, 0.25) is 11.8 Å². The number of imide groups is 1. The number of fused-ring (bicyclic) bond motifs is 1. The van der Waals surface area contributed by atoms with Gasteiger partial charge in [-0.25, -0.2) is 4.98 Å². The summed E-state index contributed by atoms with van der Waals surface area (Å²) < 4.78 is 0. The third-order valence-corrected chi connectivity index (χ3v) is 4.75. The minimum Gasteiger partial charge on any atom is -0.349 e. The molecule has 2 atom stereocenters. The molecule has 5 heteroatoms. The Morgan fingerprint density at radius 1 is 1.30 bits per heavy atom. The van der Waals surface area contributed by atoms with E-state index in [0.29, 0.717) is 12.5 Å². The Morgan fingerprint density at radius 3 is 2.55 bits per heavy atom. The van der Waals surface area contributed by atoms with Crippen molar-refractivity contribution in [3.8, 4) is 0 Å². The number of carbonyl (C=O) groups excluding carboxylic acids is 2. The fourth-order valence-corrected chi connectivity index (χ4v) is 3.59. The van der Waals surface area contributed by atoms with Crippen molar-refractivity contribution >= 4 is 11.8 Å². The molecular weight excluding hydrogens is 254 g/mol. The van der Waals surface area contributed by atoms with Crippen molar-refractivity contribution in [2.75, 3.05) is 6.54 Å². The average molecular weight is 275 g/mol. The third kappa shape index (κ3) is 2.25. The van der Waals surface area contributed by atoms with Gasteiger partial charge in [-0.2, -0.15) is 0 Å². The van der Waals surface area contributed by atoms with E-state index in [1.165, 1.54) is 4.90 Å². The van der Waals surface area contributed by atoms with E-state index in [9.17, 15) is 9.59 Å². The van der Waals surface area contributed by atoms with Crippen molar-refractivity contribution in [1.82, 2.24) is 14.9 Å². The van der Waals surface area contributed by atoms with E-state index in [1.807, 2.05) is 0 Å². The molecule has 1 aliphatic heterocycles. The van der Waals surface area contributed by atoms with E-state index in [2.05, 4.69) is 16.9 Å². The lowest BCUT2D eigenvalue weighted by Gasteiger charge is -2.17. The summed E-state index contributed by atoms with van der Waals surface area (Å²) in [5, 5.41) is 0. The van der Waals surface area contributed by atoms with Gasteiger partial charge < -0.3 is 4.98 Å². The average Bonchev–Trinajstić information content (AvgIpc) is 3.14. The quantitative estimate of drug-likeness (QED) is 0.833. The Balaban J connectivity index is 1.56. The zero-order chi connectivity index (χ0) is 14.1. The molecule has 1 N–H and O–H groups in total. The summed E-state index contributed by atoms with van der Waals surface area (Å²) in [5.74, 6) is 1.54. The minimum atomic E-state index is -0.0314. The number of nitrogens with one attached hydrogen (secondary N) is 1. The molecule has 1 aliphatic carbocycles. The lowest BCUT2D eigenvalue weighted by molar-refractivity contribution is -0.140. The maximum Gasteiger partial charge on any atom is 0.233 e. The molecule has 3 rings (SSSR count). The predicted molar refractivity (Wildman–Crippen MR) is 73.6 cm³/mol. The Bertz CT molecular complexity index is 473. The van der Waals surface area contributed by atoms with Crippen LogP contribution in [0.5, 0.6) is 0 Å². The fourth-order valence-electron chi connectivity index (χ4n) is 3.59. The van der Waals surface area contributed by atoms with Crippen molar-refractivity contribution in [2.24, 2.45) is 17.8 Å². The van der Waals surface area contributed by atoms with Crippen LogP contribution in [0.15, 0.2) is 12.4 Å². The number of aryl methyl sites for hydroxylation is 1. The van der Waals surface area contributed by atoms with E-state index in [1.54, 1.807) is 12.4 Å². The number of hydrogen-bond donors (Lipinski definition) is 1. The van der Waals surface area contributed by atoms with Crippen molar-refractivity contribution in [3.05, 3.63) is 18.2 Å². The third-order valence-electron chi connectivity index (χ3n) is 4.75. The summed E-state index contributed by atoms with van der Waals surface area (Å²) in [7, 11) is 0. The lowest BCUT2D eigenvalue weighted by atomic mass is 10.00. The maximum atomic E-state index is 12.3. The van der Waals surface area contributed by atoms with E-state index >= 15 is 0 Å². The largest absolute Gasteiger partial charge is 0.349 e. The number of imidazole rings is 1. The number of aromatic nitrogens is 2. The Morgan fingerprint density at radius 2 is 2.00 bits per heavy atom. The van der Waals surface area contributed by atoms with E-state index < -0.39 is 0 Å². The highest BCUT2D eigenvalue weighted by molar-refractivity contribution is 6.05. The molecule has 1 saturated carbocycles. The summed E-state index contributed by atoms with van der Waals surface area (Å²) in [4.78, 5) is 33.3. The highest BCUT2D eigenvalue weighted by atomic mass is 16.2. The molecule has 108 valence electrons. The van der Waals surface area contributed by atoms with E-state index in [-0.39, 0.29) is 23.7 Å². The summed E-state index contributed by atoms with van der Waals surface area (Å²) in [5.41, 5.74) is 0. The number of aromatic amines is 1. The van der Waals surface area contributed by atoms with Gasteiger partial charge in [-0.15, -0.1) is 0 Å². The van der Waals surface area contributed by atoms with Crippen LogP contribution in [-0.4, -0.2) is 33.2 Å². The molecule has 0 spiro atoms. The topological polar surface area (TPSA) is 66.1 Å². The van der Waals surface area contributed by atoms with Crippen LogP contribution in [0.3, 0.4) is 0 Å². The molecule has 5 nitrogen and oxygen atoms in total. The van der Waals surface area contributed by atoms with Crippen LogP contribution in [-0.2, 0) is 16.0 Å². The first-order valence-electron chi connectivity index (χ1n) is 7.54. The first-order valence-corrected chi connectivity index (χ1v) is 7.54. The normalized spacial score (nSPS) is 29.2. The van der Waals surface area contributed by atoms with Crippen LogP contribution in [0, 0.1) is 17.8 Å². The first kappa shape index (κ1) is 13.3. The van der Waals surface area contributed by atoms with Gasteiger partial charge in [0.25, 0.3) is 0 Å². The van der Waals surface area contributed by atoms with Gasteiger partial charge in [0.15, 0.2) is 0 Å². The van der Waals surface area contributed by atoms with Crippen molar-refractivity contribution in [1.29, 1.82) is 0 Å². The number of carbonyl (C=O) groups is 2. The second-order valence-corrected chi connectivity index (χ2v) is 5.93. The second-order valence-electron chi connectivity index (χ2n) is 5.93. The maximum absolute atomic E-state index is 12.3. The molecule has 0 bridgehead atoms. The van der Waals surface area contributed by atoms with Gasteiger partial charge in [-0.05, 0) is 25.2 Å². The molecule has 20 heavy (non-hydrogen) atoms. The fraction of sp³-hybridized carbons (Fsp3) is 0.667. The van der Waals surface area contributed by atoms with Crippen LogP contribution in [0.25, 0.3) is 0 Å². The van der Waals surface area contributed by atoms with Gasteiger partial charge in [-0.3, -0.25) is 14.5 Å². The van der Waals surface area contributed by atoms with Crippen LogP contribution in [0.1, 0.15) is 38.4 Å². The van der Waals surface area contributed by atoms with Gasteiger partial charge >= 0.3 is 0 Å². The number of likely N-dealkylation sites (tertiary alicyclic amines) is 1. The number of hydrogen-bond acceptors (Lipinski definition) is 3. The summed E-state index contributed by atoms with van der Waals surface area (Å²) in [6, 6.07) is 0. The SMILES string of the molecule is CCC1CC2C(=O)N(CCCc3ncc[nH]3)C(=O)C2C1. The van der Waals surface area contributed by atoms with E-state index in [0.717, 1.165) is 37.9 Å². The summed E-state index contributed by atoms with van der Waals surface area (Å²) in [6.45, 7) is 2.67. The van der Waals surface area contributed by atoms with E-state index in [4.69, 9.17) is 0 Å². The van der Waals surface area contributed by atoms with Crippen LogP contribution < -0.4 is 0 Å². The van der Waals surface area contributed by atoms with Crippen LogP contribution >= 0.6 is 0 Å². The smallest absolute Gasteiger partial charge is 0.233 e. The molecule has 2 heterocycles. The molecule has 2 unspecified atom stereocenters. The molecule has 1 aromatic rings. The minimum absolute atomic E-state index is 0.0314. The second kappa shape index (κ2) is 5.38. The van der Waals surface area contributed by atoms with Gasteiger partial charge in [0.05, 0.1) is 11.8 Å². The number of nitrogens with zero attached hydrogens (tertiary/aromatic N) is 2. The number of rotatable bonds is 5. The summed E-state index contributed by atoms with van der Waals surface area (Å²) in [6.07, 6.45) is 7.94. The Kier molecular flexibility index (Phi) is 3.59. The van der Waals surface area contributed by atoms with Crippen molar-refractivity contribution < 1.29 is 9.59 Å². The highest BCUT2D eigenvalue weighted by Crippen LogP contribution is 2.44. The van der Waals surface area contributed by atoms with Crippen molar-refractivity contribution in [3.63, 3.8) is 0 Å². The zero-order valence-corrected chi connectivity index (χ0v) is 11.8. The molecule has 2 aliphatic rings. The Labute approximate surface area is 118 Å². The van der Waals surface area contributed by atoms with Gasteiger partial charge in [0.1, 0.15) is 5.82 Å². The lowest BCUT2D eigenvalue weighted by Crippen LogP contribution is -2.33.